The van der Waals surface area contributed by atoms with Crippen LogP contribution in [0.3, 0.4) is 0 Å². The molecule has 0 aliphatic carbocycles. The highest BCUT2D eigenvalue weighted by Gasteiger charge is 2.71. The van der Waals surface area contributed by atoms with Crippen molar-refractivity contribution in [2.75, 3.05) is 10.9 Å². The first-order chi connectivity index (χ1) is 17.0. The van der Waals surface area contributed by atoms with Crippen molar-refractivity contribution in [1.29, 1.82) is 0 Å². The fourth-order valence-electron chi connectivity index (χ4n) is 4.13. The molecule has 3 rings (SSSR count). The average molecular weight is 557 g/mol. The number of hydrogen-bond acceptors (Lipinski definition) is 5. The number of anilines is 1. The van der Waals surface area contributed by atoms with Crippen LogP contribution in [-0.4, -0.2) is 44.2 Å². The van der Waals surface area contributed by atoms with Gasteiger partial charge in [0.15, 0.2) is 0 Å². The topological polar surface area (TPSA) is 79.2 Å². The van der Waals surface area contributed by atoms with Crippen LogP contribution in [0.5, 0.6) is 0 Å². The second-order valence-electron chi connectivity index (χ2n) is 8.45. The fourth-order valence-corrected chi connectivity index (χ4v) is 5.85. The summed E-state index contributed by atoms with van der Waals surface area (Å²) in [6.45, 7) is 3.50. The molecule has 6 nitrogen and oxygen atoms in total. The second kappa shape index (κ2) is 10.1. The van der Waals surface area contributed by atoms with E-state index in [0.29, 0.717) is 17.8 Å². The van der Waals surface area contributed by atoms with Gasteiger partial charge in [-0.15, -0.1) is 0 Å². The van der Waals surface area contributed by atoms with Crippen molar-refractivity contribution in [1.82, 2.24) is 0 Å². The Balaban J connectivity index is 2.18. The van der Waals surface area contributed by atoms with Crippen molar-refractivity contribution in [3.63, 3.8) is 0 Å². The van der Waals surface area contributed by atoms with Crippen LogP contribution in [0.2, 0.25) is 0 Å². The molecular weight excluding hydrogens is 533 g/mol. The number of benzene rings is 2. The predicted molar refractivity (Wildman–Crippen MR) is 120 cm³/mol. The molecule has 1 unspecified atom stereocenters. The number of aliphatic hydroxyl groups is 1. The van der Waals surface area contributed by atoms with Gasteiger partial charge < -0.3 is 9.94 Å². The SMILES string of the molecule is CCO/N=C(/C)CC1CCc2cc(C(O)(C(F)(F)F)C(F)(F)F)ccc2N1S(=O)(=O)c1ccc(F)cc1. The third kappa shape index (κ3) is 5.40. The maximum atomic E-state index is 13.6. The Morgan fingerprint density at radius 2 is 1.68 bits per heavy atom. The van der Waals surface area contributed by atoms with Gasteiger partial charge in [-0.1, -0.05) is 17.3 Å². The molecule has 1 heterocycles. The van der Waals surface area contributed by atoms with E-state index < -0.39 is 45.4 Å². The van der Waals surface area contributed by atoms with Crippen molar-refractivity contribution >= 4 is 21.4 Å². The summed E-state index contributed by atoms with van der Waals surface area (Å²) < 4.78 is 122. The standard InChI is InChI=1S/C23H23F7N2O4S/c1-3-36-31-14(2)12-18-8-4-15-13-16(21(33,22(25,26)27)23(28,29)30)5-11-20(15)32(18)37(34,35)19-9-6-17(24)7-10-19/h5-7,9-11,13,18,33H,3-4,8,12H2,1-2H3/b31-14-. The van der Waals surface area contributed by atoms with Gasteiger partial charge in [0.25, 0.3) is 15.6 Å². The van der Waals surface area contributed by atoms with Crippen molar-refractivity contribution in [2.24, 2.45) is 5.16 Å². The van der Waals surface area contributed by atoms with E-state index in [1.165, 1.54) is 0 Å². The Morgan fingerprint density at radius 3 is 2.22 bits per heavy atom. The zero-order valence-corrected chi connectivity index (χ0v) is 20.4. The van der Waals surface area contributed by atoms with E-state index in [1.54, 1.807) is 13.8 Å². The number of alkyl halides is 6. The number of oxime groups is 1. The molecule has 0 radical (unpaired) electrons. The number of aryl methyl sites for hydroxylation is 1. The lowest BCUT2D eigenvalue weighted by Gasteiger charge is -2.39. The molecular formula is C23H23F7N2O4S. The summed E-state index contributed by atoms with van der Waals surface area (Å²) in [4.78, 5) is 4.64. The highest BCUT2D eigenvalue weighted by atomic mass is 32.2. The fraction of sp³-hybridized carbons (Fsp3) is 0.435. The predicted octanol–water partition coefficient (Wildman–Crippen LogP) is 5.45. The summed E-state index contributed by atoms with van der Waals surface area (Å²) in [5.41, 5.74) is -6.56. The largest absolute Gasteiger partial charge is 0.430 e. The molecule has 204 valence electrons. The summed E-state index contributed by atoms with van der Waals surface area (Å²) >= 11 is 0. The molecule has 0 bridgehead atoms. The lowest BCUT2D eigenvalue weighted by atomic mass is 9.87. The van der Waals surface area contributed by atoms with Crippen molar-refractivity contribution in [2.45, 2.75) is 62.0 Å². The van der Waals surface area contributed by atoms with Crippen LogP contribution in [-0.2, 0) is 26.9 Å². The first-order valence-electron chi connectivity index (χ1n) is 11.0. The number of nitrogens with zero attached hydrogens (tertiary/aromatic N) is 2. The van der Waals surface area contributed by atoms with Gasteiger partial charge >= 0.3 is 12.4 Å². The van der Waals surface area contributed by atoms with Crippen LogP contribution in [0.25, 0.3) is 0 Å². The van der Waals surface area contributed by atoms with E-state index >= 15 is 0 Å². The van der Waals surface area contributed by atoms with Crippen LogP contribution < -0.4 is 4.31 Å². The minimum absolute atomic E-state index is 0.00628. The molecule has 0 amide bonds. The number of sulfonamides is 1. The lowest BCUT2D eigenvalue weighted by molar-refractivity contribution is -0.376. The zero-order valence-electron chi connectivity index (χ0n) is 19.6. The Bertz CT molecular complexity index is 1250. The first-order valence-corrected chi connectivity index (χ1v) is 12.4. The first kappa shape index (κ1) is 28.7. The van der Waals surface area contributed by atoms with Gasteiger partial charge in [0, 0.05) is 12.0 Å². The Labute approximate surface area is 208 Å². The minimum Gasteiger partial charge on any atom is -0.396 e. The molecule has 2 aromatic rings. The quantitative estimate of drug-likeness (QED) is 0.280. The normalized spacial score (nSPS) is 17.5. The van der Waals surface area contributed by atoms with Gasteiger partial charge in [0.2, 0.25) is 0 Å². The molecule has 0 aromatic heterocycles. The molecule has 1 aliphatic rings. The summed E-state index contributed by atoms with van der Waals surface area (Å²) in [6.07, 6.45) is -12.2. The van der Waals surface area contributed by atoms with E-state index in [-0.39, 0.29) is 42.0 Å². The van der Waals surface area contributed by atoms with Gasteiger partial charge in [-0.25, -0.2) is 12.8 Å². The van der Waals surface area contributed by atoms with Crippen molar-refractivity contribution in [3.05, 3.63) is 59.4 Å². The molecule has 0 saturated carbocycles. The molecule has 1 N–H and O–H groups in total. The van der Waals surface area contributed by atoms with Crippen LogP contribution in [0.15, 0.2) is 52.5 Å². The number of fused-ring (bicyclic) bond motifs is 1. The Hall–Kier alpha value is -2.87. The third-order valence-corrected chi connectivity index (χ3v) is 7.77. The van der Waals surface area contributed by atoms with Crippen LogP contribution in [0.4, 0.5) is 36.4 Å². The van der Waals surface area contributed by atoms with Gasteiger partial charge in [-0.05, 0) is 62.6 Å². The Morgan fingerprint density at radius 1 is 1.08 bits per heavy atom. The van der Waals surface area contributed by atoms with E-state index in [1.807, 2.05) is 0 Å². The lowest BCUT2D eigenvalue weighted by Crippen LogP contribution is -2.54. The third-order valence-electron chi connectivity index (χ3n) is 5.88. The van der Waals surface area contributed by atoms with Gasteiger partial charge in [0.1, 0.15) is 12.4 Å². The zero-order chi connectivity index (χ0) is 27.8. The molecule has 1 aliphatic heterocycles. The monoisotopic (exact) mass is 556 g/mol. The van der Waals surface area contributed by atoms with E-state index in [2.05, 4.69) is 5.16 Å². The average Bonchev–Trinajstić information content (AvgIpc) is 2.80. The molecule has 37 heavy (non-hydrogen) atoms. The molecule has 2 aromatic carbocycles. The summed E-state index contributed by atoms with van der Waals surface area (Å²) in [5.74, 6) is -0.711. The smallest absolute Gasteiger partial charge is 0.396 e. The van der Waals surface area contributed by atoms with Crippen LogP contribution in [0, 0.1) is 5.82 Å². The van der Waals surface area contributed by atoms with Gasteiger partial charge in [-0.3, -0.25) is 4.31 Å². The molecule has 1 atom stereocenters. The van der Waals surface area contributed by atoms with Crippen LogP contribution in [0.1, 0.15) is 37.8 Å². The molecule has 14 heteroatoms. The van der Waals surface area contributed by atoms with E-state index in [0.717, 1.165) is 34.6 Å². The van der Waals surface area contributed by atoms with Crippen molar-refractivity contribution in [3.8, 4) is 0 Å². The van der Waals surface area contributed by atoms with Gasteiger partial charge in [-0.2, -0.15) is 26.3 Å². The number of rotatable bonds is 7. The van der Waals surface area contributed by atoms with Crippen LogP contribution >= 0.6 is 0 Å². The molecule has 0 spiro atoms. The Kier molecular flexibility index (Phi) is 7.85. The summed E-state index contributed by atoms with van der Waals surface area (Å²) in [6, 6.07) is 4.69. The van der Waals surface area contributed by atoms with E-state index in [4.69, 9.17) is 4.84 Å². The second-order valence-corrected chi connectivity index (χ2v) is 10.3. The highest BCUT2D eigenvalue weighted by molar-refractivity contribution is 7.92. The molecule has 0 fully saturated rings. The van der Waals surface area contributed by atoms with Crippen molar-refractivity contribution < 1.29 is 49.1 Å². The summed E-state index contributed by atoms with van der Waals surface area (Å²) in [7, 11) is -4.45. The summed E-state index contributed by atoms with van der Waals surface area (Å²) in [5, 5.41) is 13.6. The number of halogens is 7. The maximum Gasteiger partial charge on any atom is 0.430 e. The molecule has 0 saturated heterocycles. The maximum absolute atomic E-state index is 13.6. The highest BCUT2D eigenvalue weighted by Crippen LogP contribution is 2.51. The minimum atomic E-state index is -6.09. The number of hydrogen-bond donors (Lipinski definition) is 1. The van der Waals surface area contributed by atoms with E-state index in [9.17, 15) is 44.3 Å². The van der Waals surface area contributed by atoms with Gasteiger partial charge in [0.05, 0.1) is 22.3 Å².